The Kier molecular flexibility index (Phi) is 16.3. The Morgan fingerprint density at radius 3 is 1.43 bits per heavy atom. The molecule has 0 atom stereocenters. The topological polar surface area (TPSA) is 16.8 Å². The zero-order valence-electron chi connectivity index (χ0n) is 23.0. The SMILES string of the molecule is CCCCCCCCCCCCCCCC[n+]1ccccc1.[Cl-].c1ccc2nc3ccccc3cc2c1. The lowest BCUT2D eigenvalue weighted by atomic mass is 10.0. The maximum atomic E-state index is 4.58. The number of para-hydroxylation sites is 2. The highest BCUT2D eigenvalue weighted by Crippen LogP contribution is 2.18. The molecule has 2 aromatic heterocycles. The summed E-state index contributed by atoms with van der Waals surface area (Å²) < 4.78 is 2.29. The van der Waals surface area contributed by atoms with Crippen LogP contribution in [0.4, 0.5) is 0 Å². The summed E-state index contributed by atoms with van der Waals surface area (Å²) in [5.74, 6) is 0. The minimum absolute atomic E-state index is 0. The Morgan fingerprint density at radius 1 is 0.514 bits per heavy atom. The van der Waals surface area contributed by atoms with Crippen molar-refractivity contribution in [2.75, 3.05) is 0 Å². The number of unbranched alkanes of at least 4 members (excludes halogenated alkanes) is 13. The van der Waals surface area contributed by atoms with Crippen LogP contribution in [0.15, 0.2) is 85.2 Å². The number of halogens is 1. The minimum Gasteiger partial charge on any atom is -1.00 e. The highest BCUT2D eigenvalue weighted by atomic mass is 35.5. The van der Waals surface area contributed by atoms with E-state index in [1.807, 2.05) is 36.4 Å². The Hall–Kier alpha value is -2.45. The molecule has 3 heteroatoms. The number of aromatic nitrogens is 2. The van der Waals surface area contributed by atoms with Gasteiger partial charge in [0.1, 0.15) is 6.54 Å². The van der Waals surface area contributed by atoms with E-state index in [1.54, 1.807) is 0 Å². The van der Waals surface area contributed by atoms with E-state index in [-0.39, 0.29) is 12.4 Å². The van der Waals surface area contributed by atoms with E-state index < -0.39 is 0 Å². The van der Waals surface area contributed by atoms with Crippen molar-refractivity contribution in [3.8, 4) is 0 Å². The molecule has 4 aromatic rings. The first-order valence-electron chi connectivity index (χ1n) is 14.6. The average molecular weight is 519 g/mol. The van der Waals surface area contributed by atoms with Crippen LogP contribution in [0.25, 0.3) is 21.8 Å². The summed E-state index contributed by atoms with van der Waals surface area (Å²) in [6.07, 6.45) is 24.4. The van der Waals surface area contributed by atoms with E-state index in [2.05, 4.69) is 65.3 Å². The van der Waals surface area contributed by atoms with Gasteiger partial charge < -0.3 is 12.4 Å². The van der Waals surface area contributed by atoms with E-state index in [4.69, 9.17) is 0 Å². The smallest absolute Gasteiger partial charge is 0.168 e. The molecule has 0 spiro atoms. The highest BCUT2D eigenvalue weighted by Gasteiger charge is 1.99. The predicted octanol–water partition coefficient (Wildman–Crippen LogP) is 6.85. The summed E-state index contributed by atoms with van der Waals surface area (Å²) in [7, 11) is 0. The van der Waals surface area contributed by atoms with Gasteiger partial charge in [-0.25, -0.2) is 9.55 Å². The van der Waals surface area contributed by atoms with Crippen LogP contribution in [-0.2, 0) is 6.54 Å². The van der Waals surface area contributed by atoms with Gasteiger partial charge in [-0.3, -0.25) is 0 Å². The van der Waals surface area contributed by atoms with E-state index in [0.717, 1.165) is 11.0 Å². The second kappa shape index (κ2) is 19.6. The molecule has 0 amide bonds. The van der Waals surface area contributed by atoms with E-state index >= 15 is 0 Å². The maximum Gasteiger partial charge on any atom is 0.168 e. The number of hydrogen-bond acceptors (Lipinski definition) is 1. The van der Waals surface area contributed by atoms with Crippen LogP contribution >= 0.6 is 0 Å². The first-order chi connectivity index (χ1) is 17.9. The van der Waals surface area contributed by atoms with Gasteiger partial charge in [0.05, 0.1) is 11.0 Å². The molecule has 0 fully saturated rings. The lowest BCUT2D eigenvalue weighted by Gasteiger charge is -2.02. The van der Waals surface area contributed by atoms with Crippen molar-refractivity contribution in [3.63, 3.8) is 0 Å². The van der Waals surface area contributed by atoms with Crippen LogP contribution in [0.1, 0.15) is 96.8 Å². The Bertz CT molecular complexity index is 991. The monoisotopic (exact) mass is 518 g/mol. The zero-order valence-corrected chi connectivity index (χ0v) is 23.7. The first kappa shape index (κ1) is 30.8. The molecule has 2 nitrogen and oxygen atoms in total. The van der Waals surface area contributed by atoms with Crippen molar-refractivity contribution < 1.29 is 17.0 Å². The predicted molar refractivity (Wildman–Crippen MR) is 156 cm³/mol. The molecule has 0 radical (unpaired) electrons. The number of nitrogens with zero attached hydrogens (tertiary/aromatic N) is 2. The third-order valence-corrected chi connectivity index (χ3v) is 6.97. The number of hydrogen-bond donors (Lipinski definition) is 0. The molecule has 0 saturated carbocycles. The van der Waals surface area contributed by atoms with Crippen molar-refractivity contribution in [1.82, 2.24) is 4.98 Å². The van der Waals surface area contributed by atoms with Gasteiger partial charge in [-0.1, -0.05) is 126 Å². The van der Waals surface area contributed by atoms with Gasteiger partial charge in [-0.2, -0.15) is 0 Å². The van der Waals surface area contributed by atoms with Crippen molar-refractivity contribution >= 4 is 21.8 Å². The van der Waals surface area contributed by atoms with Gasteiger partial charge in [-0.15, -0.1) is 0 Å². The molecule has 2 aromatic carbocycles. The lowest BCUT2D eigenvalue weighted by molar-refractivity contribution is -0.697. The summed E-state index contributed by atoms with van der Waals surface area (Å²) in [6, 6.07) is 24.9. The number of fused-ring (bicyclic) bond motifs is 2. The fourth-order valence-electron chi connectivity index (χ4n) is 4.79. The molecular formula is C34H47ClN2. The van der Waals surface area contributed by atoms with Crippen LogP contribution in [-0.4, -0.2) is 4.98 Å². The van der Waals surface area contributed by atoms with Crippen LogP contribution in [0.5, 0.6) is 0 Å². The standard InChI is InChI=1S/C21H38N.C13H9N.ClH/c1-2-3-4-5-6-7-8-9-10-11-12-13-14-16-19-22-20-17-15-18-21-22;1-3-7-12-10(5-1)9-11-6-2-4-8-13(11)14-12;/h15,17-18,20-21H,2-14,16,19H2,1H3;1-9H;1H/q+1;;/p-1. The highest BCUT2D eigenvalue weighted by molar-refractivity contribution is 5.92. The van der Waals surface area contributed by atoms with Crippen LogP contribution in [0, 0.1) is 0 Å². The Balaban J connectivity index is 0.000000274. The van der Waals surface area contributed by atoms with Gasteiger partial charge in [0.15, 0.2) is 12.4 Å². The Labute approximate surface area is 231 Å². The normalized spacial score (nSPS) is 10.6. The van der Waals surface area contributed by atoms with Crippen molar-refractivity contribution in [2.24, 2.45) is 0 Å². The summed E-state index contributed by atoms with van der Waals surface area (Å²) in [5.41, 5.74) is 2.12. The van der Waals surface area contributed by atoms with E-state index in [0.29, 0.717) is 0 Å². The van der Waals surface area contributed by atoms with Gasteiger partial charge in [-0.05, 0) is 24.6 Å². The van der Waals surface area contributed by atoms with Gasteiger partial charge >= 0.3 is 0 Å². The molecule has 0 unspecified atom stereocenters. The number of pyridine rings is 2. The van der Waals surface area contributed by atoms with Gasteiger partial charge in [0.2, 0.25) is 0 Å². The quantitative estimate of drug-likeness (QED) is 0.0955. The number of benzene rings is 2. The third kappa shape index (κ3) is 12.6. The molecule has 37 heavy (non-hydrogen) atoms. The molecule has 2 heterocycles. The van der Waals surface area contributed by atoms with Crippen molar-refractivity contribution in [1.29, 1.82) is 0 Å². The number of rotatable bonds is 15. The van der Waals surface area contributed by atoms with Crippen molar-refractivity contribution in [2.45, 2.75) is 103 Å². The molecule has 0 aliphatic heterocycles. The number of aryl methyl sites for hydroxylation is 1. The third-order valence-electron chi connectivity index (χ3n) is 6.97. The molecule has 0 aliphatic carbocycles. The molecule has 0 bridgehead atoms. The average Bonchev–Trinajstić information content (AvgIpc) is 2.93. The van der Waals surface area contributed by atoms with Crippen LogP contribution < -0.4 is 17.0 Å². The van der Waals surface area contributed by atoms with E-state index in [9.17, 15) is 0 Å². The second-order valence-electron chi connectivity index (χ2n) is 10.1. The van der Waals surface area contributed by atoms with E-state index in [1.165, 1.54) is 107 Å². The fourth-order valence-corrected chi connectivity index (χ4v) is 4.79. The van der Waals surface area contributed by atoms with Crippen LogP contribution in [0.2, 0.25) is 0 Å². The Morgan fingerprint density at radius 2 is 0.946 bits per heavy atom. The summed E-state index contributed by atoms with van der Waals surface area (Å²) in [5, 5.41) is 2.40. The molecular weight excluding hydrogens is 472 g/mol. The maximum absolute atomic E-state index is 4.58. The molecule has 0 saturated heterocycles. The van der Waals surface area contributed by atoms with Gasteiger partial charge in [0, 0.05) is 29.3 Å². The minimum atomic E-state index is 0. The molecule has 4 rings (SSSR count). The summed E-state index contributed by atoms with van der Waals surface area (Å²) >= 11 is 0. The molecule has 200 valence electrons. The van der Waals surface area contributed by atoms with Gasteiger partial charge in [0.25, 0.3) is 0 Å². The molecule has 0 aliphatic rings. The fraction of sp³-hybridized carbons (Fsp3) is 0.471. The second-order valence-corrected chi connectivity index (χ2v) is 10.1. The summed E-state index contributed by atoms with van der Waals surface area (Å²) in [6.45, 7) is 3.47. The largest absolute Gasteiger partial charge is 1.00 e. The lowest BCUT2D eigenvalue weighted by Crippen LogP contribution is -3.00. The first-order valence-corrected chi connectivity index (χ1v) is 14.6. The van der Waals surface area contributed by atoms with Crippen molar-refractivity contribution in [3.05, 3.63) is 85.2 Å². The van der Waals surface area contributed by atoms with Crippen LogP contribution in [0.3, 0.4) is 0 Å². The summed E-state index contributed by atoms with van der Waals surface area (Å²) in [4.78, 5) is 4.58. The molecule has 0 N–H and O–H groups in total. The zero-order chi connectivity index (χ0) is 25.1.